The van der Waals surface area contributed by atoms with Crippen molar-refractivity contribution in [3.05, 3.63) is 0 Å². The predicted molar refractivity (Wildman–Crippen MR) is 53.5 cm³/mol. The van der Waals surface area contributed by atoms with Crippen molar-refractivity contribution < 1.29 is 5.11 Å². The molecule has 4 atom stereocenters. The molecule has 0 aliphatic heterocycles. The normalized spacial score (nSPS) is 44.3. The molecule has 0 heterocycles. The Bertz CT molecular complexity index is 183. The van der Waals surface area contributed by atoms with Crippen molar-refractivity contribution in [2.75, 3.05) is 13.7 Å². The van der Waals surface area contributed by atoms with Gasteiger partial charge in [-0.15, -0.1) is 0 Å². The highest BCUT2D eigenvalue weighted by molar-refractivity contribution is 4.96. The van der Waals surface area contributed by atoms with Crippen LogP contribution >= 0.6 is 0 Å². The minimum absolute atomic E-state index is 0.386. The Morgan fingerprint density at radius 1 is 1.31 bits per heavy atom. The van der Waals surface area contributed by atoms with Gasteiger partial charge in [0.1, 0.15) is 0 Å². The maximum absolute atomic E-state index is 8.99. The van der Waals surface area contributed by atoms with E-state index < -0.39 is 0 Å². The van der Waals surface area contributed by atoms with Gasteiger partial charge < -0.3 is 10.0 Å². The third kappa shape index (κ3) is 1.89. The van der Waals surface area contributed by atoms with Gasteiger partial charge in [0.2, 0.25) is 0 Å². The van der Waals surface area contributed by atoms with Gasteiger partial charge in [0.25, 0.3) is 0 Å². The molecule has 0 aromatic rings. The van der Waals surface area contributed by atoms with Crippen LogP contribution in [0.15, 0.2) is 0 Å². The summed E-state index contributed by atoms with van der Waals surface area (Å²) in [5, 5.41) is 8.99. The van der Waals surface area contributed by atoms with Gasteiger partial charge in [0, 0.05) is 18.7 Å². The molecule has 2 rings (SSSR count). The van der Waals surface area contributed by atoms with E-state index in [4.69, 9.17) is 5.11 Å². The van der Waals surface area contributed by atoms with Gasteiger partial charge in [-0.2, -0.15) is 0 Å². The summed E-state index contributed by atoms with van der Waals surface area (Å²) in [7, 11) is 2.24. The van der Waals surface area contributed by atoms with Crippen molar-refractivity contribution in [1.29, 1.82) is 0 Å². The molecule has 4 unspecified atom stereocenters. The zero-order valence-electron chi connectivity index (χ0n) is 8.74. The quantitative estimate of drug-likeness (QED) is 0.716. The molecule has 0 aromatic heterocycles. The summed E-state index contributed by atoms with van der Waals surface area (Å²) in [6.07, 6.45) is 5.35. The van der Waals surface area contributed by atoms with Crippen LogP contribution in [0.25, 0.3) is 0 Å². The Morgan fingerprint density at radius 2 is 2.08 bits per heavy atom. The fourth-order valence-electron chi connectivity index (χ4n) is 2.74. The third-order valence-corrected chi connectivity index (χ3v) is 3.89. The molecule has 0 saturated heterocycles. The number of aliphatic hydroxyl groups excluding tert-OH is 1. The van der Waals surface area contributed by atoms with Gasteiger partial charge in [0.15, 0.2) is 0 Å². The topological polar surface area (TPSA) is 23.5 Å². The molecule has 0 spiro atoms. The van der Waals surface area contributed by atoms with E-state index in [1.165, 1.54) is 25.7 Å². The van der Waals surface area contributed by atoms with Gasteiger partial charge in [-0.3, -0.25) is 0 Å². The zero-order valence-corrected chi connectivity index (χ0v) is 8.74. The lowest BCUT2D eigenvalue weighted by atomic mass is 10.1. The van der Waals surface area contributed by atoms with Crippen molar-refractivity contribution in [2.45, 2.75) is 44.7 Å². The second-order valence-corrected chi connectivity index (χ2v) is 4.98. The Hall–Kier alpha value is -0.0800. The molecule has 2 aliphatic carbocycles. The van der Waals surface area contributed by atoms with Gasteiger partial charge >= 0.3 is 0 Å². The van der Waals surface area contributed by atoms with Crippen LogP contribution in [0.2, 0.25) is 0 Å². The highest BCUT2D eigenvalue weighted by Crippen LogP contribution is 2.39. The Labute approximate surface area is 80.9 Å². The number of hydrogen-bond acceptors (Lipinski definition) is 2. The van der Waals surface area contributed by atoms with E-state index in [1.54, 1.807) is 0 Å². The van der Waals surface area contributed by atoms with Crippen LogP contribution in [0, 0.1) is 11.8 Å². The number of nitrogens with zero attached hydrogens (tertiary/aromatic N) is 1. The van der Waals surface area contributed by atoms with E-state index in [-0.39, 0.29) is 0 Å². The van der Waals surface area contributed by atoms with Crippen molar-refractivity contribution in [3.8, 4) is 0 Å². The van der Waals surface area contributed by atoms with Crippen LogP contribution in [0.1, 0.15) is 32.6 Å². The van der Waals surface area contributed by atoms with E-state index in [1.807, 2.05) is 0 Å². The van der Waals surface area contributed by atoms with Crippen LogP contribution in [0.5, 0.6) is 0 Å². The second kappa shape index (κ2) is 3.58. The van der Waals surface area contributed by atoms with Crippen molar-refractivity contribution >= 4 is 0 Å². The average Bonchev–Trinajstić information content (AvgIpc) is 2.80. The monoisotopic (exact) mass is 183 g/mol. The molecule has 0 amide bonds. The van der Waals surface area contributed by atoms with E-state index in [2.05, 4.69) is 18.9 Å². The molecular weight excluding hydrogens is 162 g/mol. The summed E-state index contributed by atoms with van der Waals surface area (Å²) in [6, 6.07) is 1.50. The van der Waals surface area contributed by atoms with Crippen LogP contribution in [-0.4, -0.2) is 35.7 Å². The predicted octanol–water partition coefficient (Wildman–Crippen LogP) is 1.49. The first kappa shape index (κ1) is 9.47. The van der Waals surface area contributed by atoms with Gasteiger partial charge in [-0.25, -0.2) is 0 Å². The standard InChI is InChI=1S/C11H21NO/c1-8-3-4-10(5-8)12(2)11-6-9(11)7-13/h8-11,13H,3-7H2,1-2H3. The summed E-state index contributed by atoms with van der Waals surface area (Å²) < 4.78 is 0. The molecule has 0 radical (unpaired) electrons. The van der Waals surface area contributed by atoms with E-state index >= 15 is 0 Å². The fraction of sp³-hybridized carbons (Fsp3) is 1.00. The molecular formula is C11H21NO. The van der Waals surface area contributed by atoms with E-state index in [0.717, 1.165) is 12.0 Å². The van der Waals surface area contributed by atoms with Crippen molar-refractivity contribution in [1.82, 2.24) is 4.90 Å². The SMILES string of the molecule is CC1CCC(N(C)C2CC2CO)C1. The molecule has 76 valence electrons. The molecule has 2 saturated carbocycles. The van der Waals surface area contributed by atoms with Gasteiger partial charge in [-0.1, -0.05) is 6.92 Å². The molecule has 13 heavy (non-hydrogen) atoms. The first-order chi connectivity index (χ1) is 6.22. The summed E-state index contributed by atoms with van der Waals surface area (Å²) in [5.74, 6) is 1.50. The highest BCUT2D eigenvalue weighted by atomic mass is 16.3. The average molecular weight is 183 g/mol. The minimum atomic E-state index is 0.386. The zero-order chi connectivity index (χ0) is 9.42. The number of hydrogen-bond donors (Lipinski definition) is 1. The first-order valence-electron chi connectivity index (χ1n) is 5.55. The number of rotatable bonds is 3. The Kier molecular flexibility index (Phi) is 2.61. The lowest BCUT2D eigenvalue weighted by Crippen LogP contribution is -2.32. The summed E-state index contributed by atoms with van der Waals surface area (Å²) in [5.41, 5.74) is 0. The number of aliphatic hydroxyl groups is 1. The molecule has 2 nitrogen and oxygen atoms in total. The summed E-state index contributed by atoms with van der Waals surface area (Å²) in [6.45, 7) is 2.74. The van der Waals surface area contributed by atoms with Crippen LogP contribution in [0.3, 0.4) is 0 Å². The van der Waals surface area contributed by atoms with E-state index in [9.17, 15) is 0 Å². The van der Waals surface area contributed by atoms with E-state index in [0.29, 0.717) is 18.6 Å². The lowest BCUT2D eigenvalue weighted by molar-refractivity contribution is 0.197. The van der Waals surface area contributed by atoms with Crippen molar-refractivity contribution in [2.24, 2.45) is 11.8 Å². The summed E-state index contributed by atoms with van der Waals surface area (Å²) >= 11 is 0. The molecule has 2 heteroatoms. The van der Waals surface area contributed by atoms with Gasteiger partial charge in [0.05, 0.1) is 0 Å². The Morgan fingerprint density at radius 3 is 2.54 bits per heavy atom. The van der Waals surface area contributed by atoms with Crippen LogP contribution in [-0.2, 0) is 0 Å². The molecule has 0 bridgehead atoms. The Balaban J connectivity index is 1.81. The highest BCUT2D eigenvalue weighted by Gasteiger charge is 2.42. The maximum Gasteiger partial charge on any atom is 0.0474 e. The van der Waals surface area contributed by atoms with Crippen LogP contribution in [0.4, 0.5) is 0 Å². The maximum atomic E-state index is 8.99. The fourth-order valence-corrected chi connectivity index (χ4v) is 2.74. The lowest BCUT2D eigenvalue weighted by Gasteiger charge is -2.24. The smallest absolute Gasteiger partial charge is 0.0474 e. The second-order valence-electron chi connectivity index (χ2n) is 4.98. The van der Waals surface area contributed by atoms with Gasteiger partial charge in [-0.05, 0) is 44.6 Å². The third-order valence-electron chi connectivity index (χ3n) is 3.89. The van der Waals surface area contributed by atoms with Crippen LogP contribution < -0.4 is 0 Å². The molecule has 1 N–H and O–H groups in total. The molecule has 2 aliphatic rings. The molecule has 2 fully saturated rings. The largest absolute Gasteiger partial charge is 0.396 e. The summed E-state index contributed by atoms with van der Waals surface area (Å²) in [4.78, 5) is 2.52. The first-order valence-corrected chi connectivity index (χ1v) is 5.55. The van der Waals surface area contributed by atoms with Crippen molar-refractivity contribution in [3.63, 3.8) is 0 Å². The molecule has 0 aromatic carbocycles. The minimum Gasteiger partial charge on any atom is -0.396 e.